The molecule has 2 aliphatic rings. The Morgan fingerprint density at radius 2 is 2.27 bits per heavy atom. The van der Waals surface area contributed by atoms with E-state index in [0.717, 1.165) is 30.1 Å². The van der Waals surface area contributed by atoms with Crippen molar-refractivity contribution >= 4 is 41.7 Å². The van der Waals surface area contributed by atoms with E-state index in [9.17, 15) is 9.59 Å². The minimum absolute atomic E-state index is 0. The molecule has 7 heteroatoms. The van der Waals surface area contributed by atoms with E-state index >= 15 is 0 Å². The van der Waals surface area contributed by atoms with Crippen molar-refractivity contribution in [1.82, 2.24) is 10.6 Å². The molecule has 0 radical (unpaired) electrons. The largest absolute Gasteiger partial charge is 0.352 e. The average Bonchev–Trinajstić information content (AvgIpc) is 2.99. The molecular formula is C15H20ClN3O2S. The van der Waals surface area contributed by atoms with Gasteiger partial charge in [0, 0.05) is 17.0 Å². The van der Waals surface area contributed by atoms with Crippen LogP contribution in [0.1, 0.15) is 23.2 Å². The summed E-state index contributed by atoms with van der Waals surface area (Å²) in [6.45, 7) is 2.84. The molecule has 2 aliphatic heterocycles. The van der Waals surface area contributed by atoms with E-state index in [2.05, 4.69) is 16.0 Å². The van der Waals surface area contributed by atoms with E-state index < -0.39 is 0 Å². The number of carbonyl (C=O) groups is 2. The van der Waals surface area contributed by atoms with Crippen LogP contribution >= 0.6 is 24.2 Å². The summed E-state index contributed by atoms with van der Waals surface area (Å²) in [7, 11) is 0. The predicted octanol–water partition coefficient (Wildman–Crippen LogP) is 1.88. The molecule has 5 nitrogen and oxygen atoms in total. The van der Waals surface area contributed by atoms with Gasteiger partial charge >= 0.3 is 0 Å². The van der Waals surface area contributed by atoms with Crippen molar-refractivity contribution in [2.45, 2.75) is 17.7 Å². The molecule has 1 unspecified atom stereocenters. The Balaban J connectivity index is 0.00000176. The summed E-state index contributed by atoms with van der Waals surface area (Å²) in [5.74, 6) is 1.02. The molecule has 0 saturated carbocycles. The Hall–Kier alpha value is -1.24. The third kappa shape index (κ3) is 4.15. The third-order valence-corrected chi connectivity index (χ3v) is 4.95. The van der Waals surface area contributed by atoms with Crippen LogP contribution in [0, 0.1) is 5.92 Å². The Labute approximate surface area is 140 Å². The van der Waals surface area contributed by atoms with Gasteiger partial charge in [-0.2, -0.15) is 0 Å². The zero-order valence-corrected chi connectivity index (χ0v) is 13.8. The molecule has 1 aromatic carbocycles. The van der Waals surface area contributed by atoms with E-state index in [4.69, 9.17) is 0 Å². The lowest BCUT2D eigenvalue weighted by atomic mass is 10.1. The Morgan fingerprint density at radius 1 is 1.41 bits per heavy atom. The fraction of sp³-hybridized carbons (Fsp3) is 0.467. The van der Waals surface area contributed by atoms with Crippen LogP contribution in [-0.4, -0.2) is 37.2 Å². The second-order valence-electron chi connectivity index (χ2n) is 5.45. The quantitative estimate of drug-likeness (QED) is 0.782. The van der Waals surface area contributed by atoms with Gasteiger partial charge in [-0.1, -0.05) is 0 Å². The summed E-state index contributed by atoms with van der Waals surface area (Å²) in [5.41, 5.74) is 1.34. The first-order valence-corrected chi connectivity index (χ1v) is 8.26. The zero-order chi connectivity index (χ0) is 14.7. The smallest absolute Gasteiger partial charge is 0.251 e. The average molecular weight is 342 g/mol. The number of halogens is 1. The molecule has 22 heavy (non-hydrogen) atoms. The predicted molar refractivity (Wildman–Crippen MR) is 91.0 cm³/mol. The Kier molecular flexibility index (Phi) is 6.11. The zero-order valence-electron chi connectivity index (χ0n) is 12.2. The molecule has 1 atom stereocenters. The van der Waals surface area contributed by atoms with Crippen molar-refractivity contribution in [1.29, 1.82) is 0 Å². The van der Waals surface area contributed by atoms with Crippen LogP contribution in [0.15, 0.2) is 23.1 Å². The van der Waals surface area contributed by atoms with E-state index in [1.807, 2.05) is 12.1 Å². The Morgan fingerprint density at radius 3 is 3.05 bits per heavy atom. The number of hydrogen-bond acceptors (Lipinski definition) is 4. The van der Waals surface area contributed by atoms with Crippen LogP contribution in [0.5, 0.6) is 0 Å². The third-order valence-electron chi connectivity index (χ3n) is 3.88. The van der Waals surface area contributed by atoms with E-state index in [0.29, 0.717) is 23.8 Å². The molecule has 0 aromatic heterocycles. The van der Waals surface area contributed by atoms with Crippen molar-refractivity contribution in [3.8, 4) is 0 Å². The lowest BCUT2D eigenvalue weighted by Gasteiger charge is -2.17. The normalized spacial score (nSPS) is 19.8. The SMILES string of the molecule is Cl.O=C1CSc2ccc(C(=O)NCCC3CCNC3)cc2N1. The number of benzene rings is 1. The van der Waals surface area contributed by atoms with Crippen LogP contribution < -0.4 is 16.0 Å². The molecular weight excluding hydrogens is 322 g/mol. The molecule has 1 aromatic rings. The van der Waals surface area contributed by atoms with Crippen LogP contribution in [0.3, 0.4) is 0 Å². The maximum Gasteiger partial charge on any atom is 0.251 e. The number of anilines is 1. The van der Waals surface area contributed by atoms with Gasteiger partial charge in [-0.3, -0.25) is 9.59 Å². The maximum absolute atomic E-state index is 12.1. The minimum atomic E-state index is -0.0754. The first kappa shape index (κ1) is 17.1. The van der Waals surface area contributed by atoms with Crippen LogP contribution in [-0.2, 0) is 4.79 Å². The number of rotatable bonds is 4. The second kappa shape index (κ2) is 7.85. The first-order chi connectivity index (χ1) is 10.2. The van der Waals surface area contributed by atoms with Gasteiger partial charge in [-0.25, -0.2) is 0 Å². The molecule has 3 rings (SSSR count). The van der Waals surface area contributed by atoms with Gasteiger partial charge in [0.1, 0.15) is 0 Å². The van der Waals surface area contributed by atoms with Crippen LogP contribution in [0.4, 0.5) is 5.69 Å². The first-order valence-electron chi connectivity index (χ1n) is 7.28. The van der Waals surface area contributed by atoms with E-state index in [-0.39, 0.29) is 24.2 Å². The molecule has 0 aliphatic carbocycles. The summed E-state index contributed by atoms with van der Waals surface area (Å²) in [4.78, 5) is 24.5. The van der Waals surface area contributed by atoms with Gasteiger partial charge in [-0.05, 0) is 50.0 Å². The monoisotopic (exact) mass is 341 g/mol. The van der Waals surface area contributed by atoms with Gasteiger partial charge in [0.25, 0.3) is 5.91 Å². The highest BCUT2D eigenvalue weighted by atomic mass is 35.5. The number of hydrogen-bond donors (Lipinski definition) is 3. The number of amides is 2. The number of nitrogens with one attached hydrogen (secondary N) is 3. The highest BCUT2D eigenvalue weighted by molar-refractivity contribution is 8.00. The van der Waals surface area contributed by atoms with Crippen molar-refractivity contribution < 1.29 is 9.59 Å². The van der Waals surface area contributed by atoms with Gasteiger partial charge in [0.15, 0.2) is 0 Å². The summed E-state index contributed by atoms with van der Waals surface area (Å²) < 4.78 is 0. The molecule has 2 heterocycles. The van der Waals surface area contributed by atoms with Gasteiger partial charge in [0.05, 0.1) is 11.4 Å². The molecule has 3 N–H and O–H groups in total. The lowest BCUT2D eigenvalue weighted by molar-refractivity contribution is -0.113. The number of thioether (sulfide) groups is 1. The minimum Gasteiger partial charge on any atom is -0.352 e. The molecule has 2 amide bonds. The number of carbonyl (C=O) groups excluding carboxylic acids is 2. The Bertz CT molecular complexity index is 562. The van der Waals surface area contributed by atoms with Gasteiger partial charge < -0.3 is 16.0 Å². The fourth-order valence-corrected chi connectivity index (χ4v) is 3.47. The highest BCUT2D eigenvalue weighted by Gasteiger charge is 2.18. The van der Waals surface area contributed by atoms with Crippen molar-refractivity contribution in [2.24, 2.45) is 5.92 Å². The summed E-state index contributed by atoms with van der Waals surface area (Å²) in [5, 5.41) is 9.09. The molecule has 0 spiro atoms. The number of fused-ring (bicyclic) bond motifs is 1. The fourth-order valence-electron chi connectivity index (χ4n) is 2.68. The van der Waals surface area contributed by atoms with Crippen molar-refractivity contribution in [3.63, 3.8) is 0 Å². The second-order valence-corrected chi connectivity index (χ2v) is 6.47. The maximum atomic E-state index is 12.1. The van der Waals surface area contributed by atoms with E-state index in [1.165, 1.54) is 18.2 Å². The summed E-state index contributed by atoms with van der Waals surface area (Å²) in [6, 6.07) is 5.47. The van der Waals surface area contributed by atoms with Gasteiger partial charge in [-0.15, -0.1) is 24.2 Å². The molecule has 120 valence electrons. The topological polar surface area (TPSA) is 70.2 Å². The van der Waals surface area contributed by atoms with Crippen LogP contribution in [0.2, 0.25) is 0 Å². The molecule has 1 saturated heterocycles. The molecule has 1 fully saturated rings. The van der Waals surface area contributed by atoms with Crippen LogP contribution in [0.25, 0.3) is 0 Å². The highest BCUT2D eigenvalue weighted by Crippen LogP contribution is 2.31. The van der Waals surface area contributed by atoms with Gasteiger partial charge in [0.2, 0.25) is 5.91 Å². The van der Waals surface area contributed by atoms with Crippen molar-refractivity contribution in [3.05, 3.63) is 23.8 Å². The van der Waals surface area contributed by atoms with E-state index in [1.54, 1.807) is 6.07 Å². The lowest BCUT2D eigenvalue weighted by Crippen LogP contribution is -2.27. The van der Waals surface area contributed by atoms with Crippen molar-refractivity contribution in [2.75, 3.05) is 30.7 Å². The summed E-state index contributed by atoms with van der Waals surface area (Å²) >= 11 is 1.50. The molecule has 0 bridgehead atoms. The summed E-state index contributed by atoms with van der Waals surface area (Å²) in [6.07, 6.45) is 2.20. The standard InChI is InChI=1S/C15H19N3O2S.ClH/c19-14-9-21-13-2-1-11(7-12(13)18-14)15(20)17-6-4-10-3-5-16-8-10;/h1-2,7,10,16H,3-6,8-9H2,(H,17,20)(H,18,19);1H.